The second kappa shape index (κ2) is 7.61. The predicted molar refractivity (Wildman–Crippen MR) is 87.7 cm³/mol. The van der Waals surface area contributed by atoms with Crippen LogP contribution in [0, 0.1) is 5.92 Å². The van der Waals surface area contributed by atoms with Crippen molar-refractivity contribution in [3.63, 3.8) is 0 Å². The molecule has 1 fully saturated rings. The summed E-state index contributed by atoms with van der Waals surface area (Å²) in [5.74, 6) is 3.97. The van der Waals surface area contributed by atoms with Crippen LogP contribution in [-0.2, 0) is 19.5 Å². The lowest BCUT2D eigenvalue weighted by Crippen LogP contribution is -2.38. The molecule has 0 radical (unpaired) electrons. The molecule has 0 saturated heterocycles. The maximum atomic E-state index is 4.29. The summed E-state index contributed by atoms with van der Waals surface area (Å²) in [4.78, 5) is 4.29. The molecule has 22 heavy (non-hydrogen) atoms. The Morgan fingerprint density at radius 3 is 2.91 bits per heavy atom. The van der Waals surface area contributed by atoms with E-state index < -0.39 is 0 Å². The Balaban J connectivity index is 1.36. The predicted octanol–water partition coefficient (Wildman–Crippen LogP) is 1.86. The van der Waals surface area contributed by atoms with Gasteiger partial charge in [0.25, 0.3) is 0 Å². The summed E-state index contributed by atoms with van der Waals surface area (Å²) in [6.07, 6.45) is 10.6. The zero-order chi connectivity index (χ0) is 15.2. The lowest BCUT2D eigenvalue weighted by Gasteiger charge is -2.13. The zero-order valence-electron chi connectivity index (χ0n) is 13.6. The highest BCUT2D eigenvalue weighted by atomic mass is 15.3. The van der Waals surface area contributed by atoms with Gasteiger partial charge in [-0.25, -0.2) is 0 Å². The smallest absolute Gasteiger partial charge is 0.191 e. The monoisotopic (exact) mass is 304 g/mol. The first-order valence-electron chi connectivity index (χ1n) is 8.72. The molecule has 1 aliphatic carbocycles. The van der Waals surface area contributed by atoms with Crippen molar-refractivity contribution in [3.8, 4) is 0 Å². The quantitative estimate of drug-likeness (QED) is 0.478. The van der Waals surface area contributed by atoms with Crippen LogP contribution in [0.15, 0.2) is 4.99 Å². The van der Waals surface area contributed by atoms with Gasteiger partial charge in [-0.3, -0.25) is 4.99 Å². The molecule has 0 amide bonds. The number of guanidine groups is 1. The average Bonchev–Trinajstić information content (AvgIpc) is 3.25. The average molecular weight is 304 g/mol. The zero-order valence-corrected chi connectivity index (χ0v) is 13.6. The van der Waals surface area contributed by atoms with Gasteiger partial charge in [-0.1, -0.05) is 25.7 Å². The Kier molecular flexibility index (Phi) is 5.29. The molecule has 0 bridgehead atoms. The first kappa shape index (κ1) is 15.3. The van der Waals surface area contributed by atoms with Crippen LogP contribution in [0.1, 0.15) is 56.6 Å². The van der Waals surface area contributed by atoms with E-state index in [1.807, 2.05) is 7.05 Å². The molecule has 1 saturated carbocycles. The number of aryl methyl sites for hydroxylation is 1. The van der Waals surface area contributed by atoms with Gasteiger partial charge in [0.2, 0.25) is 0 Å². The number of hydrogen-bond acceptors (Lipinski definition) is 3. The van der Waals surface area contributed by atoms with Gasteiger partial charge in [0.15, 0.2) is 11.8 Å². The number of fused-ring (bicyclic) bond motifs is 1. The minimum atomic E-state index is 0.690. The molecule has 3 rings (SSSR count). The molecule has 122 valence electrons. The van der Waals surface area contributed by atoms with Gasteiger partial charge < -0.3 is 15.2 Å². The van der Waals surface area contributed by atoms with Crippen LogP contribution in [0.2, 0.25) is 0 Å². The Morgan fingerprint density at radius 2 is 2.09 bits per heavy atom. The molecular formula is C16H28N6. The minimum absolute atomic E-state index is 0.690. The van der Waals surface area contributed by atoms with Crippen LogP contribution in [0.25, 0.3) is 0 Å². The van der Waals surface area contributed by atoms with Crippen LogP contribution in [-0.4, -0.2) is 34.3 Å². The molecule has 0 unspecified atom stereocenters. The van der Waals surface area contributed by atoms with Crippen molar-refractivity contribution in [1.82, 2.24) is 25.4 Å². The fourth-order valence-electron chi connectivity index (χ4n) is 3.62. The topological polar surface area (TPSA) is 67.1 Å². The lowest BCUT2D eigenvalue weighted by atomic mass is 10.0. The van der Waals surface area contributed by atoms with Crippen LogP contribution in [0.5, 0.6) is 0 Å². The number of nitrogens with one attached hydrogen (secondary N) is 2. The fraction of sp³-hybridized carbons (Fsp3) is 0.812. The third kappa shape index (κ3) is 3.78. The molecule has 1 aliphatic heterocycles. The van der Waals surface area contributed by atoms with Crippen molar-refractivity contribution in [2.75, 3.05) is 13.6 Å². The number of nitrogens with zero attached hydrogens (tertiary/aromatic N) is 4. The number of rotatable bonds is 6. The molecule has 2 aliphatic rings. The van der Waals surface area contributed by atoms with E-state index in [-0.39, 0.29) is 0 Å². The van der Waals surface area contributed by atoms with Crippen molar-refractivity contribution in [3.05, 3.63) is 11.6 Å². The van der Waals surface area contributed by atoms with Gasteiger partial charge in [-0.2, -0.15) is 0 Å². The summed E-state index contributed by atoms with van der Waals surface area (Å²) in [5.41, 5.74) is 0. The number of hydrogen-bond donors (Lipinski definition) is 2. The lowest BCUT2D eigenvalue weighted by molar-refractivity contribution is 0.481. The van der Waals surface area contributed by atoms with Gasteiger partial charge in [-0.05, 0) is 25.2 Å². The van der Waals surface area contributed by atoms with E-state index in [0.717, 1.165) is 43.0 Å². The van der Waals surface area contributed by atoms with E-state index in [4.69, 9.17) is 0 Å². The Hall–Kier alpha value is -1.59. The van der Waals surface area contributed by atoms with Crippen molar-refractivity contribution >= 4 is 5.96 Å². The van der Waals surface area contributed by atoms with E-state index in [0.29, 0.717) is 6.54 Å². The third-order valence-electron chi connectivity index (χ3n) is 4.88. The maximum Gasteiger partial charge on any atom is 0.191 e. The molecule has 1 aromatic heterocycles. The summed E-state index contributed by atoms with van der Waals surface area (Å²) in [7, 11) is 1.82. The van der Waals surface area contributed by atoms with Crippen LogP contribution < -0.4 is 10.6 Å². The summed E-state index contributed by atoms with van der Waals surface area (Å²) in [5, 5.41) is 15.2. The second-order valence-electron chi connectivity index (χ2n) is 6.43. The van der Waals surface area contributed by atoms with Gasteiger partial charge in [0.05, 0.1) is 6.54 Å². The highest BCUT2D eigenvalue weighted by Crippen LogP contribution is 2.28. The Labute approximate surface area is 132 Å². The Bertz CT molecular complexity index is 501. The van der Waals surface area contributed by atoms with Crippen molar-refractivity contribution in [1.29, 1.82) is 0 Å². The SMILES string of the molecule is CN=C(NCCCC1CCCC1)NCc1nnc2n1CCC2. The van der Waals surface area contributed by atoms with E-state index in [1.165, 1.54) is 44.9 Å². The van der Waals surface area contributed by atoms with Gasteiger partial charge in [0.1, 0.15) is 5.82 Å². The number of aromatic nitrogens is 3. The normalized spacial score (nSPS) is 18.7. The van der Waals surface area contributed by atoms with Crippen LogP contribution in [0.3, 0.4) is 0 Å². The third-order valence-corrected chi connectivity index (χ3v) is 4.88. The molecule has 6 heteroatoms. The summed E-state index contributed by atoms with van der Waals surface area (Å²) < 4.78 is 2.22. The highest BCUT2D eigenvalue weighted by Gasteiger charge is 2.17. The maximum absolute atomic E-state index is 4.29. The summed E-state index contributed by atoms with van der Waals surface area (Å²) in [6.45, 7) is 2.73. The van der Waals surface area contributed by atoms with Crippen molar-refractivity contribution < 1.29 is 0 Å². The van der Waals surface area contributed by atoms with Crippen LogP contribution >= 0.6 is 0 Å². The van der Waals surface area contributed by atoms with Gasteiger partial charge in [-0.15, -0.1) is 10.2 Å². The largest absolute Gasteiger partial charge is 0.356 e. The van der Waals surface area contributed by atoms with Gasteiger partial charge >= 0.3 is 0 Å². The minimum Gasteiger partial charge on any atom is -0.356 e. The van der Waals surface area contributed by atoms with E-state index in [1.54, 1.807) is 0 Å². The summed E-state index contributed by atoms with van der Waals surface area (Å²) >= 11 is 0. The van der Waals surface area contributed by atoms with E-state index >= 15 is 0 Å². The number of aliphatic imine (C=N–C) groups is 1. The van der Waals surface area contributed by atoms with E-state index in [2.05, 4.69) is 30.4 Å². The molecule has 0 aromatic carbocycles. The summed E-state index contributed by atoms with van der Waals surface area (Å²) in [6, 6.07) is 0. The first-order chi connectivity index (χ1) is 10.9. The molecule has 1 aromatic rings. The van der Waals surface area contributed by atoms with Crippen molar-refractivity contribution in [2.45, 2.75) is 64.5 Å². The molecule has 6 nitrogen and oxygen atoms in total. The highest BCUT2D eigenvalue weighted by molar-refractivity contribution is 5.79. The molecule has 2 heterocycles. The van der Waals surface area contributed by atoms with Gasteiger partial charge in [0, 0.05) is 26.6 Å². The molecule has 0 atom stereocenters. The fourth-order valence-corrected chi connectivity index (χ4v) is 3.62. The standard InChI is InChI=1S/C16H28N6/c1-17-16(18-10-4-8-13-6-2-3-7-13)19-12-15-21-20-14-9-5-11-22(14)15/h13H,2-12H2,1H3,(H2,17,18,19). The molecule has 0 spiro atoms. The Morgan fingerprint density at radius 1 is 1.23 bits per heavy atom. The molecule has 2 N–H and O–H groups in total. The molecular weight excluding hydrogens is 276 g/mol. The first-order valence-corrected chi connectivity index (χ1v) is 8.72. The van der Waals surface area contributed by atoms with Crippen molar-refractivity contribution in [2.24, 2.45) is 10.9 Å². The van der Waals surface area contributed by atoms with Crippen LogP contribution in [0.4, 0.5) is 0 Å². The van der Waals surface area contributed by atoms with E-state index in [9.17, 15) is 0 Å². The second-order valence-corrected chi connectivity index (χ2v) is 6.43.